The van der Waals surface area contributed by atoms with Gasteiger partial charge in [-0.1, -0.05) is 0 Å². The van der Waals surface area contributed by atoms with Gasteiger partial charge in [0.1, 0.15) is 23.2 Å². The van der Waals surface area contributed by atoms with Crippen molar-refractivity contribution < 1.29 is 27.8 Å². The maximum atomic E-state index is 13.2. The largest absolute Gasteiger partial charge is 0.489 e. The van der Waals surface area contributed by atoms with Gasteiger partial charge in [0.25, 0.3) is 11.5 Å². The maximum absolute atomic E-state index is 13.2. The molecular weight excluding hydrogens is 453 g/mol. The van der Waals surface area contributed by atoms with E-state index in [2.05, 4.69) is 10.3 Å². The van der Waals surface area contributed by atoms with E-state index < -0.39 is 28.6 Å². The molecule has 0 saturated heterocycles. The predicted molar refractivity (Wildman–Crippen MR) is 114 cm³/mol. The molecule has 0 bridgehead atoms. The molecule has 5 rings (SSSR count). The van der Waals surface area contributed by atoms with Crippen LogP contribution in [0, 0.1) is 6.92 Å². The first-order chi connectivity index (χ1) is 16.1. The van der Waals surface area contributed by atoms with Crippen molar-refractivity contribution in [2.75, 3.05) is 13.2 Å². The first-order valence-electron chi connectivity index (χ1n) is 10.7. The van der Waals surface area contributed by atoms with E-state index in [0.29, 0.717) is 23.4 Å². The number of imidazole rings is 1. The topological polar surface area (TPSA) is 98.4 Å². The number of benzene rings is 1. The lowest BCUT2D eigenvalue weighted by molar-refractivity contribution is -0.137. The number of aliphatic hydroxyl groups is 1. The molecule has 1 saturated carbocycles. The van der Waals surface area contributed by atoms with Gasteiger partial charge >= 0.3 is 6.18 Å². The van der Waals surface area contributed by atoms with Crippen molar-refractivity contribution in [3.05, 3.63) is 75.7 Å². The number of carbonyl (C=O) groups excluding carboxylic acids is 1. The Balaban J connectivity index is 1.40. The van der Waals surface area contributed by atoms with Crippen molar-refractivity contribution in [3.8, 4) is 11.4 Å². The van der Waals surface area contributed by atoms with Crippen molar-refractivity contribution in [2.24, 2.45) is 0 Å². The zero-order valence-electron chi connectivity index (χ0n) is 18.1. The Morgan fingerprint density at radius 2 is 2.12 bits per heavy atom. The molecule has 3 aromatic rings. The Hall–Kier alpha value is -3.60. The molecular formula is C23H21F3N4O4. The molecule has 178 valence electrons. The molecule has 1 fully saturated rings. The molecule has 11 heteroatoms. The number of nitrogens with one attached hydrogen (secondary N) is 1. The van der Waals surface area contributed by atoms with Gasteiger partial charge in [0.15, 0.2) is 0 Å². The number of rotatable bonds is 6. The van der Waals surface area contributed by atoms with Crippen LogP contribution in [0.2, 0.25) is 0 Å². The van der Waals surface area contributed by atoms with E-state index >= 15 is 0 Å². The molecule has 3 heterocycles. The minimum Gasteiger partial charge on any atom is -0.489 e. The Labute approximate surface area is 191 Å². The summed E-state index contributed by atoms with van der Waals surface area (Å²) in [7, 11) is 0. The lowest BCUT2D eigenvalue weighted by Gasteiger charge is -2.17. The second-order valence-corrected chi connectivity index (χ2v) is 8.56. The number of nitrogens with zero attached hydrogens (tertiary/aromatic N) is 3. The van der Waals surface area contributed by atoms with Crippen LogP contribution in [0.25, 0.3) is 5.69 Å². The molecule has 0 radical (unpaired) electrons. The normalized spacial score (nSPS) is 20.4. The van der Waals surface area contributed by atoms with E-state index in [-0.39, 0.29) is 37.2 Å². The van der Waals surface area contributed by atoms with E-state index in [9.17, 15) is 27.9 Å². The summed E-state index contributed by atoms with van der Waals surface area (Å²) in [4.78, 5) is 30.1. The van der Waals surface area contributed by atoms with Gasteiger partial charge in [0.05, 0.1) is 29.6 Å². The van der Waals surface area contributed by atoms with Crippen molar-refractivity contribution in [1.29, 1.82) is 0 Å². The van der Waals surface area contributed by atoms with Gasteiger partial charge in [0.2, 0.25) is 0 Å². The molecule has 0 spiro atoms. The van der Waals surface area contributed by atoms with Crippen LogP contribution in [0.1, 0.15) is 33.7 Å². The fourth-order valence-electron chi connectivity index (χ4n) is 4.51. The van der Waals surface area contributed by atoms with Gasteiger partial charge in [-0.15, -0.1) is 0 Å². The number of aryl methyl sites for hydroxylation is 1. The number of halogens is 3. The summed E-state index contributed by atoms with van der Waals surface area (Å²) in [6.45, 7) is 1.37. The first-order valence-corrected chi connectivity index (χ1v) is 10.7. The van der Waals surface area contributed by atoms with Crippen LogP contribution < -0.4 is 15.6 Å². The van der Waals surface area contributed by atoms with Crippen molar-refractivity contribution in [2.45, 2.75) is 37.6 Å². The lowest BCUT2D eigenvalue weighted by Crippen LogP contribution is -2.38. The number of alkyl halides is 3. The molecule has 1 aliphatic heterocycles. The SMILES string of the molecule is Cc1cn(-c2ccc(C(=O)NCC34CC3Oc3ccc(C(F)(F)F)cc34)n(CCO)c2=O)cn1. The smallest absolute Gasteiger partial charge is 0.416 e. The highest BCUT2D eigenvalue weighted by Crippen LogP contribution is 2.59. The third-order valence-electron chi connectivity index (χ3n) is 6.38. The van der Waals surface area contributed by atoms with Crippen molar-refractivity contribution >= 4 is 5.91 Å². The number of fused-ring (bicyclic) bond motifs is 3. The lowest BCUT2D eigenvalue weighted by atomic mass is 9.94. The van der Waals surface area contributed by atoms with Crippen LogP contribution >= 0.6 is 0 Å². The van der Waals surface area contributed by atoms with Gasteiger partial charge in [-0.25, -0.2) is 4.98 Å². The van der Waals surface area contributed by atoms with Crippen LogP contribution in [0.4, 0.5) is 13.2 Å². The number of amides is 1. The Morgan fingerprint density at radius 3 is 2.79 bits per heavy atom. The van der Waals surface area contributed by atoms with Crippen LogP contribution in [-0.2, 0) is 18.1 Å². The number of hydrogen-bond acceptors (Lipinski definition) is 5. The van der Waals surface area contributed by atoms with Gasteiger partial charge in [-0.2, -0.15) is 13.2 Å². The maximum Gasteiger partial charge on any atom is 0.416 e. The standard InChI is InChI=1S/C23H21F3N4O4/c1-13-10-29(12-28-13)17-4-3-16(30(6-7-31)21(17)33)20(32)27-11-22-9-19(22)34-18-5-2-14(8-15(18)22)23(24,25)26/h2-5,8,10,12,19,31H,6-7,9,11H2,1H3,(H,27,32). The molecule has 2 unspecified atom stereocenters. The van der Waals surface area contributed by atoms with Crippen LogP contribution in [0.3, 0.4) is 0 Å². The molecule has 2 aliphatic rings. The summed E-state index contributed by atoms with van der Waals surface area (Å²) in [5.74, 6) is -0.185. The van der Waals surface area contributed by atoms with E-state index in [1.165, 1.54) is 33.7 Å². The summed E-state index contributed by atoms with van der Waals surface area (Å²) in [6, 6.07) is 6.34. The average Bonchev–Trinajstić information content (AvgIpc) is 3.15. The molecule has 2 aromatic heterocycles. The van der Waals surface area contributed by atoms with Crippen molar-refractivity contribution in [3.63, 3.8) is 0 Å². The highest BCUT2D eigenvalue weighted by Gasteiger charge is 2.63. The van der Waals surface area contributed by atoms with Gasteiger partial charge in [-0.3, -0.25) is 14.2 Å². The summed E-state index contributed by atoms with van der Waals surface area (Å²) >= 11 is 0. The Bertz CT molecular complexity index is 1350. The van der Waals surface area contributed by atoms with E-state index in [0.717, 1.165) is 12.1 Å². The second-order valence-electron chi connectivity index (χ2n) is 8.56. The minimum atomic E-state index is -4.48. The average molecular weight is 474 g/mol. The number of pyridine rings is 1. The molecule has 8 nitrogen and oxygen atoms in total. The predicted octanol–water partition coefficient (Wildman–Crippen LogP) is 2.19. The quantitative estimate of drug-likeness (QED) is 0.571. The summed E-state index contributed by atoms with van der Waals surface area (Å²) in [5, 5.41) is 12.2. The second kappa shape index (κ2) is 7.73. The summed E-state index contributed by atoms with van der Waals surface area (Å²) in [5.41, 5.74) is -0.545. The molecule has 34 heavy (non-hydrogen) atoms. The summed E-state index contributed by atoms with van der Waals surface area (Å²) < 4.78 is 48.0. The van der Waals surface area contributed by atoms with Gasteiger partial charge in [0, 0.05) is 31.3 Å². The zero-order chi connectivity index (χ0) is 24.3. The van der Waals surface area contributed by atoms with Crippen molar-refractivity contribution in [1.82, 2.24) is 19.4 Å². The zero-order valence-corrected chi connectivity index (χ0v) is 18.1. The summed E-state index contributed by atoms with van der Waals surface area (Å²) in [6.07, 6.45) is -1.16. The molecule has 2 atom stereocenters. The van der Waals surface area contributed by atoms with Gasteiger partial charge < -0.3 is 19.7 Å². The van der Waals surface area contributed by atoms with E-state index in [4.69, 9.17) is 4.74 Å². The fraction of sp³-hybridized carbons (Fsp3) is 0.348. The molecule has 1 aromatic carbocycles. The molecule has 1 amide bonds. The third kappa shape index (κ3) is 3.56. The van der Waals surface area contributed by atoms with Gasteiger partial charge in [-0.05, 0) is 37.3 Å². The van der Waals surface area contributed by atoms with E-state index in [1.807, 2.05) is 0 Å². The number of carbonyl (C=O) groups is 1. The molecule has 1 aliphatic carbocycles. The Kier molecular flexibility index (Phi) is 5.05. The highest BCUT2D eigenvalue weighted by atomic mass is 19.4. The number of aromatic nitrogens is 3. The first kappa shape index (κ1) is 22.2. The number of ether oxygens (including phenoxy) is 1. The van der Waals surface area contributed by atoms with E-state index in [1.54, 1.807) is 13.1 Å². The highest BCUT2D eigenvalue weighted by molar-refractivity contribution is 5.92. The van der Waals surface area contributed by atoms with Crippen LogP contribution in [-0.4, -0.2) is 44.4 Å². The monoisotopic (exact) mass is 474 g/mol. The Morgan fingerprint density at radius 1 is 1.32 bits per heavy atom. The van der Waals surface area contributed by atoms with Crippen LogP contribution in [0.5, 0.6) is 5.75 Å². The third-order valence-corrected chi connectivity index (χ3v) is 6.38. The minimum absolute atomic E-state index is 0.0384. The number of aliphatic hydroxyl groups excluding tert-OH is 1. The number of hydrogen-bond donors (Lipinski definition) is 2. The van der Waals surface area contributed by atoms with Crippen LogP contribution in [0.15, 0.2) is 47.7 Å². The fourth-order valence-corrected chi connectivity index (χ4v) is 4.51. The molecule has 2 N–H and O–H groups in total.